The highest BCUT2D eigenvalue weighted by Crippen LogP contribution is 2.17. The van der Waals surface area contributed by atoms with Crippen molar-refractivity contribution >= 4 is 27.5 Å². The summed E-state index contributed by atoms with van der Waals surface area (Å²) < 4.78 is 27.7. The summed E-state index contributed by atoms with van der Waals surface area (Å²) in [7, 11) is -3.84. The maximum Gasteiger partial charge on any atom is 0.241 e. The van der Waals surface area contributed by atoms with Crippen LogP contribution >= 0.6 is 11.6 Å². The van der Waals surface area contributed by atoms with Crippen molar-refractivity contribution < 1.29 is 13.2 Å². The lowest BCUT2D eigenvalue weighted by Gasteiger charge is -2.24. The van der Waals surface area contributed by atoms with Gasteiger partial charge in [-0.25, -0.2) is 8.42 Å². The summed E-state index contributed by atoms with van der Waals surface area (Å²) in [4.78, 5) is 12.7. The molecule has 0 fully saturated rings. The lowest BCUT2D eigenvalue weighted by atomic mass is 10.0. The molecule has 0 radical (unpaired) electrons. The van der Waals surface area contributed by atoms with E-state index in [2.05, 4.69) is 10.0 Å². The van der Waals surface area contributed by atoms with Crippen molar-refractivity contribution in [1.29, 1.82) is 0 Å². The third-order valence-corrected chi connectivity index (χ3v) is 5.72. The average molecular weight is 395 g/mol. The van der Waals surface area contributed by atoms with Crippen LogP contribution in [-0.2, 0) is 14.8 Å². The van der Waals surface area contributed by atoms with E-state index in [1.165, 1.54) is 24.3 Å². The molecule has 1 amide bonds. The molecular formula is C19H23ClN2O3S. The molecule has 0 aliphatic carbocycles. The molecule has 0 saturated carbocycles. The Balaban J connectivity index is 2.15. The lowest BCUT2D eigenvalue weighted by molar-refractivity contribution is -0.124. The number of amides is 1. The molecule has 7 heteroatoms. The molecule has 0 aromatic heterocycles. The summed E-state index contributed by atoms with van der Waals surface area (Å²) >= 11 is 5.80. The van der Waals surface area contributed by atoms with E-state index in [9.17, 15) is 13.2 Å². The number of carbonyl (C=O) groups is 1. The first-order chi connectivity index (χ1) is 12.2. The van der Waals surface area contributed by atoms with E-state index in [0.717, 1.165) is 5.56 Å². The molecule has 2 aromatic rings. The molecular weight excluding hydrogens is 372 g/mol. The monoisotopic (exact) mass is 394 g/mol. The van der Waals surface area contributed by atoms with Crippen LogP contribution in [0, 0.1) is 5.92 Å². The highest BCUT2D eigenvalue weighted by Gasteiger charge is 2.29. The standard InChI is InChI=1S/C19H23ClN2O3S/c1-13(2)18(19(23)21-14(3)15-7-5-4-6-8-15)22-26(24,25)17-11-9-16(20)10-12-17/h4-14,18,22H,1-3H3,(H,21,23)/t14-,18-/m0/s1. The van der Waals surface area contributed by atoms with Crippen LogP contribution in [0.2, 0.25) is 5.02 Å². The van der Waals surface area contributed by atoms with Crippen LogP contribution in [0.4, 0.5) is 0 Å². The van der Waals surface area contributed by atoms with Crippen molar-refractivity contribution in [3.8, 4) is 0 Å². The number of sulfonamides is 1. The number of rotatable bonds is 7. The van der Waals surface area contributed by atoms with Crippen molar-refractivity contribution in [2.24, 2.45) is 5.92 Å². The van der Waals surface area contributed by atoms with Crippen LogP contribution in [0.15, 0.2) is 59.5 Å². The van der Waals surface area contributed by atoms with E-state index in [4.69, 9.17) is 11.6 Å². The van der Waals surface area contributed by atoms with Gasteiger partial charge in [-0.2, -0.15) is 4.72 Å². The van der Waals surface area contributed by atoms with Crippen molar-refractivity contribution in [1.82, 2.24) is 10.0 Å². The SMILES string of the molecule is CC(C)[C@H](NS(=O)(=O)c1ccc(Cl)cc1)C(=O)N[C@@H](C)c1ccccc1. The van der Waals surface area contributed by atoms with Gasteiger partial charge in [-0.15, -0.1) is 0 Å². The third-order valence-electron chi connectivity index (χ3n) is 4.01. The fourth-order valence-corrected chi connectivity index (χ4v) is 3.94. The minimum Gasteiger partial charge on any atom is -0.348 e. The maximum atomic E-state index is 12.7. The molecule has 0 unspecified atom stereocenters. The Kier molecular flexibility index (Phi) is 6.81. The van der Waals surface area contributed by atoms with E-state index in [-0.39, 0.29) is 22.8 Å². The summed E-state index contributed by atoms with van der Waals surface area (Å²) in [5.74, 6) is -0.589. The molecule has 0 aliphatic heterocycles. The third kappa shape index (κ3) is 5.30. The first kappa shape index (κ1) is 20.4. The summed E-state index contributed by atoms with van der Waals surface area (Å²) in [6.07, 6.45) is 0. The maximum absolute atomic E-state index is 12.7. The van der Waals surface area contributed by atoms with Gasteiger partial charge in [0.05, 0.1) is 10.9 Å². The molecule has 2 atom stereocenters. The first-order valence-corrected chi connectivity index (χ1v) is 10.2. The van der Waals surface area contributed by atoms with Crippen molar-refractivity contribution in [2.45, 2.75) is 37.8 Å². The Hall–Kier alpha value is -1.89. The number of nitrogens with one attached hydrogen (secondary N) is 2. The topological polar surface area (TPSA) is 75.3 Å². The highest BCUT2D eigenvalue weighted by atomic mass is 35.5. The number of hydrogen-bond donors (Lipinski definition) is 2. The first-order valence-electron chi connectivity index (χ1n) is 8.34. The molecule has 2 rings (SSSR count). The highest BCUT2D eigenvalue weighted by molar-refractivity contribution is 7.89. The van der Waals surface area contributed by atoms with Crippen LogP contribution in [0.5, 0.6) is 0 Å². The number of carbonyl (C=O) groups excluding carboxylic acids is 1. The van der Waals surface area contributed by atoms with Crippen LogP contribution in [0.3, 0.4) is 0 Å². The largest absolute Gasteiger partial charge is 0.348 e. The van der Waals surface area contributed by atoms with E-state index in [0.29, 0.717) is 5.02 Å². The lowest BCUT2D eigenvalue weighted by Crippen LogP contribution is -2.50. The van der Waals surface area contributed by atoms with E-state index in [1.807, 2.05) is 37.3 Å². The Morgan fingerprint density at radius 2 is 1.54 bits per heavy atom. The van der Waals surface area contributed by atoms with Crippen LogP contribution < -0.4 is 10.0 Å². The Morgan fingerprint density at radius 3 is 2.08 bits per heavy atom. The fraction of sp³-hybridized carbons (Fsp3) is 0.316. The van der Waals surface area contributed by atoms with Crippen LogP contribution in [-0.4, -0.2) is 20.4 Å². The van der Waals surface area contributed by atoms with Gasteiger partial charge in [-0.05, 0) is 42.7 Å². The van der Waals surface area contributed by atoms with Crippen molar-refractivity contribution in [3.05, 3.63) is 65.2 Å². The van der Waals surface area contributed by atoms with Gasteiger partial charge in [-0.1, -0.05) is 55.8 Å². The summed E-state index contributed by atoms with van der Waals surface area (Å²) in [6, 6.07) is 14.2. The minimum absolute atomic E-state index is 0.0662. The van der Waals surface area contributed by atoms with Gasteiger partial charge in [0.25, 0.3) is 0 Å². The predicted octanol–water partition coefficient (Wildman–Crippen LogP) is 3.52. The minimum atomic E-state index is -3.84. The molecule has 0 bridgehead atoms. The van der Waals surface area contributed by atoms with Gasteiger partial charge in [-0.3, -0.25) is 4.79 Å². The molecule has 0 saturated heterocycles. The van der Waals surface area contributed by atoms with Crippen molar-refractivity contribution in [2.75, 3.05) is 0 Å². The molecule has 0 spiro atoms. The van der Waals surface area contributed by atoms with Gasteiger partial charge >= 0.3 is 0 Å². The summed E-state index contributed by atoms with van der Waals surface area (Å²) in [5.41, 5.74) is 0.948. The van der Waals surface area contributed by atoms with E-state index in [1.54, 1.807) is 13.8 Å². The normalized spacial score (nSPS) is 14.0. The molecule has 0 heterocycles. The fourth-order valence-electron chi connectivity index (χ4n) is 2.47. The number of hydrogen-bond acceptors (Lipinski definition) is 3. The van der Waals surface area contributed by atoms with Gasteiger partial charge in [0.15, 0.2) is 0 Å². The Labute approximate surface area is 159 Å². The van der Waals surface area contributed by atoms with Gasteiger partial charge in [0, 0.05) is 5.02 Å². The summed E-state index contributed by atoms with van der Waals surface area (Å²) in [6.45, 7) is 5.45. The molecule has 2 aromatic carbocycles. The zero-order valence-electron chi connectivity index (χ0n) is 14.9. The number of halogens is 1. The molecule has 0 aliphatic rings. The Morgan fingerprint density at radius 1 is 0.962 bits per heavy atom. The van der Waals surface area contributed by atoms with Gasteiger partial charge in [0.1, 0.15) is 6.04 Å². The molecule has 2 N–H and O–H groups in total. The second-order valence-electron chi connectivity index (χ2n) is 6.44. The van der Waals surface area contributed by atoms with E-state index >= 15 is 0 Å². The van der Waals surface area contributed by atoms with Gasteiger partial charge in [0.2, 0.25) is 15.9 Å². The molecule has 5 nitrogen and oxygen atoms in total. The predicted molar refractivity (Wildman–Crippen MR) is 103 cm³/mol. The van der Waals surface area contributed by atoms with Crippen LogP contribution in [0.1, 0.15) is 32.4 Å². The smallest absolute Gasteiger partial charge is 0.241 e. The zero-order valence-corrected chi connectivity index (χ0v) is 16.5. The number of benzene rings is 2. The van der Waals surface area contributed by atoms with Crippen LogP contribution in [0.25, 0.3) is 0 Å². The second-order valence-corrected chi connectivity index (χ2v) is 8.59. The summed E-state index contributed by atoms with van der Waals surface area (Å²) in [5, 5.41) is 3.32. The second kappa shape index (κ2) is 8.66. The van der Waals surface area contributed by atoms with Crippen molar-refractivity contribution in [3.63, 3.8) is 0 Å². The Bertz CT molecular complexity index is 837. The average Bonchev–Trinajstić information content (AvgIpc) is 2.60. The molecule has 140 valence electrons. The quantitative estimate of drug-likeness (QED) is 0.754. The zero-order chi connectivity index (χ0) is 19.3. The molecule has 26 heavy (non-hydrogen) atoms. The van der Waals surface area contributed by atoms with Gasteiger partial charge < -0.3 is 5.32 Å². The van der Waals surface area contributed by atoms with E-state index < -0.39 is 16.1 Å².